The van der Waals surface area contributed by atoms with Gasteiger partial charge >= 0.3 is 6.01 Å². The van der Waals surface area contributed by atoms with Gasteiger partial charge in [-0.15, -0.1) is 0 Å². The number of benzene rings is 1. The molecular formula is C28H33ClFN7O2. The number of hydrogen-bond acceptors (Lipinski definition) is 7. The maximum absolute atomic E-state index is 14.2. The maximum atomic E-state index is 14.2. The van der Waals surface area contributed by atoms with Crippen LogP contribution in [-0.4, -0.2) is 90.7 Å². The fraction of sp³-hybridized carbons (Fsp3) is 0.500. The van der Waals surface area contributed by atoms with Crippen molar-refractivity contribution in [3.8, 4) is 6.01 Å². The van der Waals surface area contributed by atoms with Gasteiger partial charge in [0.05, 0.1) is 22.9 Å². The Balaban J connectivity index is 1.46. The van der Waals surface area contributed by atoms with Crippen LogP contribution in [-0.2, 0) is 17.8 Å². The average Bonchev–Trinajstić information content (AvgIpc) is 3.36. The molecule has 11 heteroatoms. The number of carbonyl (C=O) groups is 1. The lowest BCUT2D eigenvalue weighted by atomic mass is 10.0. The molecule has 5 rings (SSSR count). The van der Waals surface area contributed by atoms with Crippen LogP contribution in [0.2, 0.25) is 5.02 Å². The summed E-state index contributed by atoms with van der Waals surface area (Å²) in [6.45, 7) is 15.4. The molecule has 1 aromatic heterocycles. The summed E-state index contributed by atoms with van der Waals surface area (Å²) >= 11 is 6.32. The fourth-order valence-corrected chi connectivity index (χ4v) is 5.98. The van der Waals surface area contributed by atoms with Crippen molar-refractivity contribution in [2.75, 3.05) is 62.7 Å². The molecule has 2 fully saturated rings. The van der Waals surface area contributed by atoms with E-state index in [2.05, 4.69) is 28.3 Å². The molecule has 0 aliphatic carbocycles. The van der Waals surface area contributed by atoms with Crippen LogP contribution in [0.25, 0.3) is 4.85 Å². The van der Waals surface area contributed by atoms with Crippen molar-refractivity contribution in [3.63, 3.8) is 0 Å². The first-order valence-corrected chi connectivity index (χ1v) is 13.7. The topological polar surface area (TPSA) is 69.4 Å². The summed E-state index contributed by atoms with van der Waals surface area (Å²) in [5.41, 5.74) is 2.45. The Kier molecular flexibility index (Phi) is 8.19. The van der Waals surface area contributed by atoms with E-state index in [0.29, 0.717) is 63.5 Å². The van der Waals surface area contributed by atoms with Crippen LogP contribution >= 0.6 is 11.6 Å². The fourth-order valence-electron chi connectivity index (χ4n) is 5.73. The molecule has 3 aliphatic heterocycles. The van der Waals surface area contributed by atoms with E-state index in [-0.39, 0.29) is 23.5 Å². The van der Waals surface area contributed by atoms with Gasteiger partial charge in [0.1, 0.15) is 24.3 Å². The van der Waals surface area contributed by atoms with E-state index < -0.39 is 5.82 Å². The summed E-state index contributed by atoms with van der Waals surface area (Å²) in [5, 5.41) is 0.0981. The second kappa shape index (κ2) is 11.8. The molecule has 3 aliphatic rings. The van der Waals surface area contributed by atoms with Gasteiger partial charge in [0.25, 0.3) is 0 Å². The van der Waals surface area contributed by atoms with Crippen LogP contribution < -0.4 is 14.5 Å². The summed E-state index contributed by atoms with van der Waals surface area (Å²) in [6.07, 6.45) is 4.15. The molecule has 9 nitrogen and oxygen atoms in total. The second-order valence-electron chi connectivity index (χ2n) is 10.3. The van der Waals surface area contributed by atoms with Crippen LogP contribution in [0.15, 0.2) is 30.9 Å². The highest BCUT2D eigenvalue weighted by Gasteiger charge is 2.35. The van der Waals surface area contributed by atoms with Gasteiger partial charge < -0.3 is 29.2 Å². The van der Waals surface area contributed by atoms with Crippen LogP contribution in [0, 0.1) is 12.4 Å². The minimum Gasteiger partial charge on any atom is -0.462 e. The molecule has 0 saturated carbocycles. The number of fused-ring (bicyclic) bond motifs is 1. The van der Waals surface area contributed by atoms with Crippen LogP contribution in [0.1, 0.15) is 24.1 Å². The van der Waals surface area contributed by atoms with Crippen LogP contribution in [0.5, 0.6) is 6.01 Å². The molecule has 0 radical (unpaired) electrons. The summed E-state index contributed by atoms with van der Waals surface area (Å²) in [4.78, 5) is 33.9. The summed E-state index contributed by atoms with van der Waals surface area (Å²) in [6, 6.07) is 5.18. The lowest BCUT2D eigenvalue weighted by Gasteiger charge is -2.41. The number of carbonyl (C=O) groups excluding carboxylic acids is 1. The monoisotopic (exact) mass is 553 g/mol. The average molecular weight is 554 g/mol. The van der Waals surface area contributed by atoms with Gasteiger partial charge in [0.2, 0.25) is 12.5 Å². The number of ether oxygens (including phenoxy) is 1. The highest BCUT2D eigenvalue weighted by molar-refractivity contribution is 6.33. The number of anilines is 2. The first kappa shape index (κ1) is 27.2. The highest BCUT2D eigenvalue weighted by Crippen LogP contribution is 2.35. The zero-order valence-electron chi connectivity index (χ0n) is 22.2. The van der Waals surface area contributed by atoms with Crippen molar-refractivity contribution >= 4 is 29.0 Å². The van der Waals surface area contributed by atoms with Crippen molar-refractivity contribution in [1.29, 1.82) is 0 Å². The molecular weight excluding hydrogens is 521 g/mol. The zero-order chi connectivity index (χ0) is 27.5. The Bertz CT molecular complexity index is 1290. The lowest BCUT2D eigenvalue weighted by molar-refractivity contribution is -0.128. The summed E-state index contributed by atoms with van der Waals surface area (Å²) in [7, 11) is 2.10. The van der Waals surface area contributed by atoms with Gasteiger partial charge in [-0.1, -0.05) is 24.2 Å². The molecule has 2 aromatic rings. The molecule has 4 heterocycles. The molecule has 39 heavy (non-hydrogen) atoms. The number of piperazine rings is 1. The van der Waals surface area contributed by atoms with E-state index in [4.69, 9.17) is 32.9 Å². The third-order valence-electron chi connectivity index (χ3n) is 7.91. The van der Waals surface area contributed by atoms with Crippen LogP contribution in [0.4, 0.5) is 15.9 Å². The molecule has 206 valence electrons. The van der Waals surface area contributed by atoms with Gasteiger partial charge in [-0.25, -0.2) is 11.0 Å². The molecule has 2 atom stereocenters. The predicted molar refractivity (Wildman–Crippen MR) is 149 cm³/mol. The molecule has 0 unspecified atom stereocenters. The Morgan fingerprint density at radius 2 is 2.10 bits per heavy atom. The minimum atomic E-state index is -0.453. The van der Waals surface area contributed by atoms with Crippen molar-refractivity contribution in [1.82, 2.24) is 19.8 Å². The van der Waals surface area contributed by atoms with E-state index in [1.54, 1.807) is 11.0 Å². The highest BCUT2D eigenvalue weighted by atomic mass is 35.5. The summed E-state index contributed by atoms with van der Waals surface area (Å²) < 4.78 is 20.4. The van der Waals surface area contributed by atoms with Gasteiger partial charge in [-0.2, -0.15) is 9.97 Å². The summed E-state index contributed by atoms with van der Waals surface area (Å²) in [5.74, 6) is 0.159. The Morgan fingerprint density at radius 3 is 2.85 bits per heavy atom. The predicted octanol–water partition coefficient (Wildman–Crippen LogP) is 3.43. The SMILES string of the molecule is [C-]#[N+]C[C@H]1CN(c2nc(OC[C@@H]3CCCN3C)nc3c2CCN(c2cccc(F)c2Cl)C3)CCN1C(=O)C=C. The molecule has 0 N–H and O–H groups in total. The quantitative estimate of drug-likeness (QED) is 0.384. The first-order valence-electron chi connectivity index (χ1n) is 13.3. The first-order chi connectivity index (χ1) is 18.9. The zero-order valence-corrected chi connectivity index (χ0v) is 22.9. The molecule has 0 bridgehead atoms. The van der Waals surface area contributed by atoms with Crippen molar-refractivity contribution < 1.29 is 13.9 Å². The number of amides is 1. The van der Waals surface area contributed by atoms with Gasteiger partial charge in [-0.3, -0.25) is 4.79 Å². The Morgan fingerprint density at radius 1 is 1.26 bits per heavy atom. The molecule has 0 spiro atoms. The normalized spacial score (nSPS) is 21.4. The van der Waals surface area contributed by atoms with Gasteiger partial charge in [0.15, 0.2) is 0 Å². The van der Waals surface area contributed by atoms with E-state index in [1.165, 1.54) is 12.1 Å². The lowest BCUT2D eigenvalue weighted by Crippen LogP contribution is -2.56. The van der Waals surface area contributed by atoms with Crippen molar-refractivity contribution in [3.05, 3.63) is 64.4 Å². The number of aromatic nitrogens is 2. The third-order valence-corrected chi connectivity index (χ3v) is 8.29. The molecule has 2 saturated heterocycles. The van der Waals surface area contributed by atoms with Gasteiger partial charge in [0, 0.05) is 37.8 Å². The number of nitrogens with zero attached hydrogens (tertiary/aromatic N) is 7. The standard InChI is InChI=1S/C28H33ClFN7O2/c1-4-25(38)37-14-13-36(16-20(37)15-31-2)27-21-10-12-35(24-9-5-8-22(30)26(24)29)17-23(21)32-28(33-27)39-18-19-7-6-11-34(19)3/h4-5,8-9,19-20H,1,6-7,10-18H2,3H3/t19-,20-/m0/s1. The van der Waals surface area contributed by atoms with Crippen LogP contribution in [0.3, 0.4) is 0 Å². The van der Waals surface area contributed by atoms with E-state index in [0.717, 1.165) is 36.5 Å². The number of rotatable bonds is 7. The minimum absolute atomic E-state index is 0.0981. The maximum Gasteiger partial charge on any atom is 0.318 e. The van der Waals surface area contributed by atoms with Gasteiger partial charge in [-0.05, 0) is 51.1 Å². The smallest absolute Gasteiger partial charge is 0.318 e. The number of likely N-dealkylation sites (N-methyl/N-ethyl adjacent to an activating group) is 1. The third kappa shape index (κ3) is 5.65. The largest absolute Gasteiger partial charge is 0.462 e. The van der Waals surface area contributed by atoms with Crippen molar-refractivity contribution in [2.24, 2.45) is 0 Å². The van der Waals surface area contributed by atoms with Crippen molar-refractivity contribution in [2.45, 2.75) is 37.9 Å². The number of hydrogen-bond donors (Lipinski definition) is 0. The van der Waals surface area contributed by atoms with E-state index in [1.807, 2.05) is 11.0 Å². The Hall–Kier alpha value is -3.42. The molecule has 1 amide bonds. The Labute approximate surface area is 233 Å². The number of likely N-dealkylation sites (tertiary alicyclic amines) is 1. The number of halogens is 2. The van der Waals surface area contributed by atoms with E-state index in [9.17, 15) is 9.18 Å². The molecule has 1 aromatic carbocycles. The van der Waals surface area contributed by atoms with E-state index >= 15 is 0 Å². The second-order valence-corrected chi connectivity index (χ2v) is 10.6.